The molecule has 1 saturated heterocycles. The Balaban J connectivity index is 1.82. The van der Waals surface area contributed by atoms with E-state index >= 15 is 0 Å². The summed E-state index contributed by atoms with van der Waals surface area (Å²) in [5.41, 5.74) is 0.0355. The van der Waals surface area contributed by atoms with Crippen LogP contribution >= 0.6 is 0 Å². The van der Waals surface area contributed by atoms with Crippen molar-refractivity contribution in [1.82, 2.24) is 0 Å². The number of carboxylic acid groups (broad SMARTS) is 1. The molecule has 4 atom stereocenters. The zero-order chi connectivity index (χ0) is 14.3. The van der Waals surface area contributed by atoms with Crippen LogP contribution in [0.3, 0.4) is 0 Å². The Morgan fingerprint density at radius 3 is 2.45 bits per heavy atom. The van der Waals surface area contributed by atoms with Gasteiger partial charge in [0.1, 0.15) is 11.7 Å². The van der Waals surface area contributed by atoms with Crippen molar-refractivity contribution in [2.24, 2.45) is 11.8 Å². The molecule has 1 fully saturated rings. The summed E-state index contributed by atoms with van der Waals surface area (Å²) < 4.78 is 18.9. The Morgan fingerprint density at radius 2 is 1.80 bits per heavy atom. The van der Waals surface area contributed by atoms with Gasteiger partial charge in [0.15, 0.2) is 0 Å². The topological polar surface area (TPSA) is 75.6 Å². The van der Waals surface area contributed by atoms with Crippen LogP contribution in [0.4, 0.5) is 10.1 Å². The van der Waals surface area contributed by atoms with Gasteiger partial charge in [-0.2, -0.15) is 0 Å². The van der Waals surface area contributed by atoms with Crippen molar-refractivity contribution in [2.75, 3.05) is 5.32 Å². The maximum Gasteiger partial charge on any atom is 0.310 e. The van der Waals surface area contributed by atoms with E-state index in [0.717, 1.165) is 0 Å². The summed E-state index contributed by atoms with van der Waals surface area (Å²) in [4.78, 5) is 23.5. The van der Waals surface area contributed by atoms with Gasteiger partial charge in [-0.15, -0.1) is 0 Å². The number of nitrogens with one attached hydrogen (secondary N) is 1. The summed E-state index contributed by atoms with van der Waals surface area (Å²) in [6, 6.07) is 5.74. The van der Waals surface area contributed by atoms with E-state index in [9.17, 15) is 19.1 Å². The molecular weight excluding hydrogens is 265 g/mol. The van der Waals surface area contributed by atoms with Gasteiger partial charge in [-0.3, -0.25) is 9.59 Å². The highest BCUT2D eigenvalue weighted by Gasteiger charge is 2.53. The molecule has 1 aromatic carbocycles. The second kappa shape index (κ2) is 4.72. The van der Waals surface area contributed by atoms with Gasteiger partial charge in [0, 0.05) is 0 Å². The molecule has 2 bridgehead atoms. The Kier molecular flexibility index (Phi) is 3.02. The number of halogens is 1. The first-order chi connectivity index (χ1) is 9.58. The fourth-order valence-electron chi connectivity index (χ4n) is 2.69. The first-order valence-corrected chi connectivity index (χ1v) is 6.20. The zero-order valence-electron chi connectivity index (χ0n) is 10.3. The highest BCUT2D eigenvalue weighted by Crippen LogP contribution is 2.39. The number of amides is 1. The van der Waals surface area contributed by atoms with Crippen LogP contribution < -0.4 is 5.32 Å². The van der Waals surface area contributed by atoms with Crippen molar-refractivity contribution in [3.8, 4) is 0 Å². The number of carbonyl (C=O) groups is 2. The second-order valence-corrected chi connectivity index (χ2v) is 4.81. The van der Waals surface area contributed by atoms with Crippen LogP contribution in [0.2, 0.25) is 0 Å². The third-order valence-corrected chi connectivity index (χ3v) is 3.62. The maximum atomic E-state index is 13.5. The third kappa shape index (κ3) is 1.98. The molecule has 104 valence electrons. The minimum Gasteiger partial charge on any atom is -0.481 e. The van der Waals surface area contributed by atoms with E-state index in [-0.39, 0.29) is 5.69 Å². The molecular formula is C14H12FNO4. The Labute approximate surface area is 114 Å². The van der Waals surface area contributed by atoms with Gasteiger partial charge < -0.3 is 15.2 Å². The number of ether oxygens (including phenoxy) is 1. The molecule has 1 aromatic rings. The number of para-hydroxylation sites is 1. The molecule has 0 radical (unpaired) electrons. The molecule has 0 spiro atoms. The van der Waals surface area contributed by atoms with E-state index in [0.29, 0.717) is 0 Å². The standard InChI is InChI=1S/C14H12FNO4/c15-7-3-1-2-4-8(7)16-13(17)11-9-5-6-10(20-9)12(11)14(18)19/h1-6,9-12H,(H,16,17)(H,18,19)/t9-,10-,11-,12+/m1/s1. The summed E-state index contributed by atoms with van der Waals surface area (Å²) in [6.07, 6.45) is 2.17. The molecule has 3 rings (SSSR count). The third-order valence-electron chi connectivity index (χ3n) is 3.62. The maximum absolute atomic E-state index is 13.5. The molecule has 0 aliphatic carbocycles. The zero-order valence-corrected chi connectivity index (χ0v) is 10.3. The highest BCUT2D eigenvalue weighted by molar-refractivity contribution is 5.96. The van der Waals surface area contributed by atoms with E-state index in [1.54, 1.807) is 18.2 Å². The first kappa shape index (κ1) is 12.8. The van der Waals surface area contributed by atoms with E-state index in [1.165, 1.54) is 18.2 Å². The summed E-state index contributed by atoms with van der Waals surface area (Å²) in [7, 11) is 0. The number of fused-ring (bicyclic) bond motifs is 2. The van der Waals surface area contributed by atoms with Gasteiger partial charge in [0.25, 0.3) is 0 Å². The molecule has 5 nitrogen and oxygen atoms in total. The quantitative estimate of drug-likeness (QED) is 0.819. The van der Waals surface area contributed by atoms with Crippen molar-refractivity contribution >= 4 is 17.6 Å². The summed E-state index contributed by atoms with van der Waals surface area (Å²) in [5, 5.41) is 11.6. The fraction of sp³-hybridized carbons (Fsp3) is 0.286. The van der Waals surface area contributed by atoms with Crippen LogP contribution in [0, 0.1) is 17.7 Å². The lowest BCUT2D eigenvalue weighted by Crippen LogP contribution is -2.39. The molecule has 20 heavy (non-hydrogen) atoms. The number of benzene rings is 1. The number of aliphatic carboxylic acids is 1. The van der Waals surface area contributed by atoms with Crippen LogP contribution in [0.15, 0.2) is 36.4 Å². The summed E-state index contributed by atoms with van der Waals surface area (Å²) >= 11 is 0. The molecule has 0 aromatic heterocycles. The minimum atomic E-state index is -1.09. The van der Waals surface area contributed by atoms with Gasteiger partial charge in [-0.05, 0) is 12.1 Å². The van der Waals surface area contributed by atoms with E-state index in [4.69, 9.17) is 4.74 Å². The molecule has 0 unspecified atom stereocenters. The predicted molar refractivity (Wildman–Crippen MR) is 67.4 cm³/mol. The number of rotatable bonds is 3. The molecule has 6 heteroatoms. The van der Waals surface area contributed by atoms with Crippen LogP contribution in [0.25, 0.3) is 0 Å². The lowest BCUT2D eigenvalue weighted by atomic mass is 9.82. The normalized spacial score (nSPS) is 30.4. The van der Waals surface area contributed by atoms with Crippen molar-refractivity contribution in [3.63, 3.8) is 0 Å². The molecule has 2 aliphatic rings. The largest absolute Gasteiger partial charge is 0.481 e. The van der Waals surface area contributed by atoms with E-state index in [2.05, 4.69) is 5.32 Å². The number of hydrogen-bond donors (Lipinski definition) is 2. The van der Waals surface area contributed by atoms with Crippen LogP contribution in [0.5, 0.6) is 0 Å². The Bertz CT molecular complexity index is 601. The smallest absolute Gasteiger partial charge is 0.310 e. The lowest BCUT2D eigenvalue weighted by Gasteiger charge is -2.21. The fourth-order valence-corrected chi connectivity index (χ4v) is 2.69. The molecule has 1 amide bonds. The van der Waals surface area contributed by atoms with E-state index < -0.39 is 41.7 Å². The van der Waals surface area contributed by atoms with Crippen molar-refractivity contribution < 1.29 is 23.8 Å². The monoisotopic (exact) mass is 277 g/mol. The molecule has 2 N–H and O–H groups in total. The van der Waals surface area contributed by atoms with Gasteiger partial charge >= 0.3 is 5.97 Å². The average molecular weight is 277 g/mol. The lowest BCUT2D eigenvalue weighted by molar-refractivity contribution is -0.145. The van der Waals surface area contributed by atoms with Crippen LogP contribution in [-0.2, 0) is 14.3 Å². The molecule has 2 heterocycles. The molecule has 2 aliphatic heterocycles. The van der Waals surface area contributed by atoms with Crippen molar-refractivity contribution in [2.45, 2.75) is 12.2 Å². The predicted octanol–water partition coefficient (Wildman–Crippen LogP) is 1.42. The van der Waals surface area contributed by atoms with Crippen LogP contribution in [0.1, 0.15) is 0 Å². The number of hydrogen-bond acceptors (Lipinski definition) is 3. The van der Waals surface area contributed by atoms with Gasteiger partial charge in [-0.1, -0.05) is 24.3 Å². The number of carbonyl (C=O) groups excluding carboxylic acids is 1. The molecule has 0 saturated carbocycles. The number of carboxylic acids is 1. The van der Waals surface area contributed by atoms with Gasteiger partial charge in [-0.25, -0.2) is 4.39 Å². The SMILES string of the molecule is O=C(O)[C@@H]1[C@H](C(=O)Nc2ccccc2F)[C@H]2C=C[C@H]1O2. The Hall–Kier alpha value is -2.21. The van der Waals surface area contributed by atoms with Crippen molar-refractivity contribution in [3.05, 3.63) is 42.2 Å². The number of anilines is 1. The van der Waals surface area contributed by atoms with E-state index in [1.807, 2.05) is 0 Å². The summed E-state index contributed by atoms with van der Waals surface area (Å²) in [6.45, 7) is 0. The average Bonchev–Trinajstić information content (AvgIpc) is 3.01. The van der Waals surface area contributed by atoms with Gasteiger partial charge in [0.2, 0.25) is 5.91 Å². The minimum absolute atomic E-state index is 0.0355. The highest BCUT2D eigenvalue weighted by atomic mass is 19.1. The Morgan fingerprint density at radius 1 is 1.15 bits per heavy atom. The van der Waals surface area contributed by atoms with Crippen molar-refractivity contribution in [1.29, 1.82) is 0 Å². The second-order valence-electron chi connectivity index (χ2n) is 4.81. The summed E-state index contributed by atoms with van der Waals surface area (Å²) in [5.74, 6) is -3.97. The van der Waals surface area contributed by atoms with Crippen LogP contribution in [-0.4, -0.2) is 29.2 Å². The van der Waals surface area contributed by atoms with Gasteiger partial charge in [0.05, 0.1) is 23.8 Å². The first-order valence-electron chi connectivity index (χ1n) is 6.20.